The number of benzene rings is 2. The van der Waals surface area contributed by atoms with E-state index in [1.165, 1.54) is 31.4 Å². The zero-order valence-corrected chi connectivity index (χ0v) is 12.8. The van der Waals surface area contributed by atoms with Gasteiger partial charge in [-0.05, 0) is 61.4 Å². The molecule has 0 radical (unpaired) electrons. The summed E-state index contributed by atoms with van der Waals surface area (Å²) in [5, 5.41) is 0. The topological polar surface area (TPSA) is 55.4 Å². The first-order valence-corrected chi connectivity index (χ1v) is 7.75. The van der Waals surface area contributed by atoms with Gasteiger partial charge >= 0.3 is 0 Å². The summed E-state index contributed by atoms with van der Waals surface area (Å²) in [5.74, 6) is -0.158. The Labute approximate surface area is 123 Å². The highest BCUT2D eigenvalue weighted by Crippen LogP contribution is 2.28. The summed E-state index contributed by atoms with van der Waals surface area (Å²) in [5.41, 5.74) is 2.07. The predicted octanol–water partition coefficient (Wildman–Crippen LogP) is 3.25. The fourth-order valence-electron chi connectivity index (χ4n) is 1.86. The Bertz CT molecular complexity index is 755. The molecule has 0 aromatic heterocycles. The number of nitrogens with one attached hydrogen (secondary N) is 1. The van der Waals surface area contributed by atoms with Gasteiger partial charge < -0.3 is 4.74 Å². The first-order chi connectivity index (χ1) is 9.83. The van der Waals surface area contributed by atoms with Crippen LogP contribution in [0.25, 0.3) is 0 Å². The standard InChI is InChI=1S/C15H16FNO3S/c1-10-8-14(20-3)15(9-11(10)2)21(18,19)17-13-6-4-12(16)5-7-13/h4-9,17H,1-3H3. The van der Waals surface area contributed by atoms with Crippen molar-refractivity contribution in [2.45, 2.75) is 18.7 Å². The number of halogens is 1. The molecule has 2 aromatic carbocycles. The Morgan fingerprint density at radius 3 is 2.19 bits per heavy atom. The van der Waals surface area contributed by atoms with Crippen molar-refractivity contribution < 1.29 is 17.5 Å². The quantitative estimate of drug-likeness (QED) is 0.943. The second-order valence-corrected chi connectivity index (χ2v) is 6.35. The molecule has 0 bridgehead atoms. The van der Waals surface area contributed by atoms with E-state index >= 15 is 0 Å². The molecule has 1 N–H and O–H groups in total. The van der Waals surface area contributed by atoms with Gasteiger partial charge in [0, 0.05) is 5.69 Å². The molecule has 2 rings (SSSR count). The monoisotopic (exact) mass is 309 g/mol. The highest BCUT2D eigenvalue weighted by atomic mass is 32.2. The Kier molecular flexibility index (Phi) is 4.18. The number of aryl methyl sites for hydroxylation is 2. The largest absolute Gasteiger partial charge is 0.495 e. The van der Waals surface area contributed by atoms with Gasteiger partial charge in [-0.1, -0.05) is 0 Å². The van der Waals surface area contributed by atoms with Crippen molar-refractivity contribution in [3.05, 3.63) is 53.3 Å². The molecule has 2 aromatic rings. The van der Waals surface area contributed by atoms with Crippen molar-refractivity contribution in [3.8, 4) is 5.75 Å². The smallest absolute Gasteiger partial charge is 0.265 e. The summed E-state index contributed by atoms with van der Waals surface area (Å²) in [4.78, 5) is 0.0532. The van der Waals surface area contributed by atoms with Gasteiger partial charge in [0.05, 0.1) is 7.11 Å². The van der Waals surface area contributed by atoms with Crippen LogP contribution >= 0.6 is 0 Å². The third kappa shape index (κ3) is 3.33. The molecular formula is C15H16FNO3S. The minimum absolute atomic E-state index is 0.0532. The third-order valence-electron chi connectivity index (χ3n) is 3.17. The average molecular weight is 309 g/mol. The normalized spacial score (nSPS) is 11.2. The number of methoxy groups -OCH3 is 1. The molecular weight excluding hydrogens is 293 g/mol. The van der Waals surface area contributed by atoms with Gasteiger partial charge in [-0.15, -0.1) is 0 Å². The van der Waals surface area contributed by atoms with Crippen LogP contribution in [0.4, 0.5) is 10.1 Å². The second kappa shape index (κ2) is 5.73. The van der Waals surface area contributed by atoms with Crippen LogP contribution in [0.3, 0.4) is 0 Å². The van der Waals surface area contributed by atoms with Crippen LogP contribution in [0.1, 0.15) is 11.1 Å². The van der Waals surface area contributed by atoms with Crippen molar-refractivity contribution >= 4 is 15.7 Å². The Morgan fingerprint density at radius 1 is 1.05 bits per heavy atom. The zero-order valence-electron chi connectivity index (χ0n) is 12.0. The van der Waals surface area contributed by atoms with Crippen molar-refractivity contribution in [2.24, 2.45) is 0 Å². The van der Waals surface area contributed by atoms with Crippen LogP contribution < -0.4 is 9.46 Å². The van der Waals surface area contributed by atoms with Crippen molar-refractivity contribution in [3.63, 3.8) is 0 Å². The molecule has 0 aliphatic rings. The van der Waals surface area contributed by atoms with E-state index in [9.17, 15) is 12.8 Å². The van der Waals surface area contributed by atoms with E-state index in [1.807, 2.05) is 13.8 Å². The van der Waals surface area contributed by atoms with E-state index in [4.69, 9.17) is 4.74 Å². The summed E-state index contributed by atoms with van der Waals surface area (Å²) >= 11 is 0. The van der Waals surface area contributed by atoms with Crippen LogP contribution in [0.2, 0.25) is 0 Å². The molecule has 0 saturated carbocycles. The van der Waals surface area contributed by atoms with Gasteiger partial charge in [-0.2, -0.15) is 0 Å². The Morgan fingerprint density at radius 2 is 1.62 bits per heavy atom. The number of anilines is 1. The molecule has 0 spiro atoms. The molecule has 6 heteroatoms. The molecule has 0 unspecified atom stereocenters. The summed E-state index contributed by atoms with van der Waals surface area (Å²) in [6, 6.07) is 8.33. The average Bonchev–Trinajstić information content (AvgIpc) is 2.43. The molecule has 0 atom stereocenters. The minimum Gasteiger partial charge on any atom is -0.495 e. The van der Waals surface area contributed by atoms with Gasteiger partial charge in [0.15, 0.2) is 0 Å². The SMILES string of the molecule is COc1cc(C)c(C)cc1S(=O)(=O)Nc1ccc(F)cc1. The molecule has 0 amide bonds. The van der Waals surface area contributed by atoms with Crippen LogP contribution in [0, 0.1) is 19.7 Å². The van der Waals surface area contributed by atoms with E-state index in [-0.39, 0.29) is 16.3 Å². The number of rotatable bonds is 4. The van der Waals surface area contributed by atoms with Gasteiger partial charge in [0.1, 0.15) is 16.5 Å². The zero-order chi connectivity index (χ0) is 15.6. The highest BCUT2D eigenvalue weighted by molar-refractivity contribution is 7.92. The minimum atomic E-state index is -3.81. The lowest BCUT2D eigenvalue weighted by molar-refractivity contribution is 0.402. The Hall–Kier alpha value is -2.08. The molecule has 112 valence electrons. The second-order valence-electron chi connectivity index (χ2n) is 4.70. The van der Waals surface area contributed by atoms with E-state index in [2.05, 4.69) is 4.72 Å². The van der Waals surface area contributed by atoms with Gasteiger partial charge in [-0.25, -0.2) is 12.8 Å². The van der Waals surface area contributed by atoms with E-state index < -0.39 is 15.8 Å². The molecule has 4 nitrogen and oxygen atoms in total. The lowest BCUT2D eigenvalue weighted by Crippen LogP contribution is -2.14. The fraction of sp³-hybridized carbons (Fsp3) is 0.200. The van der Waals surface area contributed by atoms with E-state index in [0.29, 0.717) is 0 Å². The lowest BCUT2D eigenvalue weighted by Gasteiger charge is -2.13. The molecule has 0 saturated heterocycles. The molecule has 0 fully saturated rings. The highest BCUT2D eigenvalue weighted by Gasteiger charge is 2.20. The predicted molar refractivity (Wildman–Crippen MR) is 79.7 cm³/mol. The van der Waals surface area contributed by atoms with E-state index in [0.717, 1.165) is 11.1 Å². The molecule has 0 aliphatic heterocycles. The first-order valence-electron chi connectivity index (χ1n) is 6.27. The maximum Gasteiger partial charge on any atom is 0.265 e. The lowest BCUT2D eigenvalue weighted by atomic mass is 10.1. The van der Waals surface area contributed by atoms with Gasteiger partial charge in [0.2, 0.25) is 0 Å². The molecule has 21 heavy (non-hydrogen) atoms. The van der Waals surface area contributed by atoms with E-state index in [1.54, 1.807) is 12.1 Å². The maximum absolute atomic E-state index is 12.9. The molecule has 0 heterocycles. The Balaban J connectivity index is 2.44. The van der Waals surface area contributed by atoms with Crippen molar-refractivity contribution in [1.29, 1.82) is 0 Å². The number of ether oxygens (including phenoxy) is 1. The fourth-order valence-corrected chi connectivity index (χ4v) is 3.16. The summed E-state index contributed by atoms with van der Waals surface area (Å²) in [6.07, 6.45) is 0. The van der Waals surface area contributed by atoms with Crippen LogP contribution in [0.15, 0.2) is 41.3 Å². The number of hydrogen-bond acceptors (Lipinski definition) is 3. The van der Waals surface area contributed by atoms with Crippen LogP contribution in [-0.4, -0.2) is 15.5 Å². The third-order valence-corrected chi connectivity index (χ3v) is 4.57. The molecule has 0 aliphatic carbocycles. The summed E-state index contributed by atoms with van der Waals surface area (Å²) in [7, 11) is -2.39. The van der Waals surface area contributed by atoms with Crippen LogP contribution in [0.5, 0.6) is 5.75 Å². The van der Waals surface area contributed by atoms with Crippen molar-refractivity contribution in [2.75, 3.05) is 11.8 Å². The number of hydrogen-bond donors (Lipinski definition) is 1. The van der Waals surface area contributed by atoms with Gasteiger partial charge in [-0.3, -0.25) is 4.72 Å². The van der Waals surface area contributed by atoms with Crippen LogP contribution in [-0.2, 0) is 10.0 Å². The maximum atomic E-state index is 12.9. The number of sulfonamides is 1. The summed E-state index contributed by atoms with van der Waals surface area (Å²) in [6.45, 7) is 3.70. The summed E-state index contributed by atoms with van der Waals surface area (Å²) < 4.78 is 45.3. The van der Waals surface area contributed by atoms with Crippen molar-refractivity contribution in [1.82, 2.24) is 0 Å². The van der Waals surface area contributed by atoms with Gasteiger partial charge in [0.25, 0.3) is 10.0 Å². The first kappa shape index (κ1) is 15.3.